The molecule has 2 nitrogen and oxygen atoms in total. The van der Waals surface area contributed by atoms with Crippen LogP contribution in [-0.2, 0) is 6.42 Å². The Balaban J connectivity index is 2.34. The Morgan fingerprint density at radius 1 is 1.35 bits per heavy atom. The van der Waals surface area contributed by atoms with Gasteiger partial charge in [-0.25, -0.2) is 0 Å². The highest BCUT2D eigenvalue weighted by molar-refractivity contribution is 5.79. The molecule has 2 heteroatoms. The molecule has 1 atom stereocenters. The summed E-state index contributed by atoms with van der Waals surface area (Å²) in [5, 5.41) is 0.836. The molecule has 0 saturated heterocycles. The van der Waals surface area contributed by atoms with Crippen molar-refractivity contribution in [3.05, 3.63) is 45.7 Å². The van der Waals surface area contributed by atoms with Gasteiger partial charge in [0.1, 0.15) is 0 Å². The largest absolute Gasteiger partial charge is 0.358 e. The topological polar surface area (TPSA) is 32.9 Å². The van der Waals surface area contributed by atoms with Crippen LogP contribution in [0.15, 0.2) is 29.1 Å². The van der Waals surface area contributed by atoms with E-state index in [4.69, 9.17) is 0 Å². The average molecular weight is 227 g/mol. The van der Waals surface area contributed by atoms with Crippen LogP contribution in [0.1, 0.15) is 43.4 Å². The smallest absolute Gasteiger partial charge is 0.192 e. The SMILES string of the molecule is CCC1CCCc2c1[nH]c1ccccc1c2=O. The van der Waals surface area contributed by atoms with Crippen LogP contribution in [0.4, 0.5) is 0 Å². The maximum absolute atomic E-state index is 12.4. The second-order valence-corrected chi connectivity index (χ2v) is 4.89. The molecule has 0 aliphatic heterocycles. The summed E-state index contributed by atoms with van der Waals surface area (Å²) in [6.07, 6.45) is 4.40. The number of nitrogens with one attached hydrogen (secondary N) is 1. The van der Waals surface area contributed by atoms with E-state index < -0.39 is 0 Å². The van der Waals surface area contributed by atoms with E-state index in [1.807, 2.05) is 24.3 Å². The average Bonchev–Trinajstić information content (AvgIpc) is 2.38. The zero-order valence-corrected chi connectivity index (χ0v) is 10.1. The molecule has 1 unspecified atom stereocenters. The van der Waals surface area contributed by atoms with Crippen molar-refractivity contribution in [2.45, 2.75) is 38.5 Å². The summed E-state index contributed by atoms with van der Waals surface area (Å²) in [5.41, 5.74) is 3.45. The fraction of sp³-hybridized carbons (Fsp3) is 0.400. The van der Waals surface area contributed by atoms with Gasteiger partial charge >= 0.3 is 0 Å². The first kappa shape index (κ1) is 10.6. The van der Waals surface area contributed by atoms with Crippen LogP contribution in [0, 0.1) is 0 Å². The molecule has 0 spiro atoms. The molecule has 88 valence electrons. The summed E-state index contributed by atoms with van der Waals surface area (Å²) >= 11 is 0. The highest BCUT2D eigenvalue weighted by Gasteiger charge is 2.22. The molecule has 0 amide bonds. The van der Waals surface area contributed by atoms with Crippen molar-refractivity contribution in [3.63, 3.8) is 0 Å². The van der Waals surface area contributed by atoms with E-state index in [2.05, 4.69) is 11.9 Å². The summed E-state index contributed by atoms with van der Waals surface area (Å²) in [6.45, 7) is 2.20. The molecule has 3 rings (SSSR count). The van der Waals surface area contributed by atoms with Crippen molar-refractivity contribution >= 4 is 10.9 Å². The number of para-hydroxylation sites is 1. The second kappa shape index (κ2) is 4.02. The van der Waals surface area contributed by atoms with Gasteiger partial charge in [-0.1, -0.05) is 19.1 Å². The van der Waals surface area contributed by atoms with Crippen LogP contribution in [0.5, 0.6) is 0 Å². The molecule has 0 radical (unpaired) electrons. The summed E-state index contributed by atoms with van der Waals surface area (Å²) < 4.78 is 0. The van der Waals surface area contributed by atoms with Gasteiger partial charge in [0.05, 0.1) is 0 Å². The number of aromatic amines is 1. The molecule has 1 heterocycles. The Kier molecular flexibility index (Phi) is 2.50. The van der Waals surface area contributed by atoms with E-state index in [0.717, 1.165) is 35.7 Å². The van der Waals surface area contributed by atoms with Crippen LogP contribution >= 0.6 is 0 Å². The molecule has 1 aliphatic rings. The van der Waals surface area contributed by atoms with Crippen LogP contribution in [0.2, 0.25) is 0 Å². The third kappa shape index (κ3) is 1.59. The third-order valence-corrected chi connectivity index (χ3v) is 3.92. The summed E-state index contributed by atoms with van der Waals surface area (Å²) in [4.78, 5) is 15.9. The Morgan fingerprint density at radius 3 is 3.00 bits per heavy atom. The first-order chi connectivity index (χ1) is 8.31. The first-order valence-corrected chi connectivity index (χ1v) is 6.45. The van der Waals surface area contributed by atoms with Crippen molar-refractivity contribution in [2.75, 3.05) is 0 Å². The number of pyridine rings is 1. The van der Waals surface area contributed by atoms with Crippen LogP contribution in [0.25, 0.3) is 10.9 Å². The maximum Gasteiger partial charge on any atom is 0.192 e. The van der Waals surface area contributed by atoms with E-state index in [9.17, 15) is 4.79 Å². The first-order valence-electron chi connectivity index (χ1n) is 6.45. The van der Waals surface area contributed by atoms with Crippen LogP contribution < -0.4 is 5.43 Å². The molecule has 1 aromatic carbocycles. The zero-order valence-electron chi connectivity index (χ0n) is 10.1. The Hall–Kier alpha value is -1.57. The van der Waals surface area contributed by atoms with Gasteiger partial charge in [0.15, 0.2) is 5.43 Å². The Bertz CT molecular complexity index is 612. The summed E-state index contributed by atoms with van der Waals surface area (Å²) in [6, 6.07) is 7.83. The van der Waals surface area contributed by atoms with Crippen LogP contribution in [0.3, 0.4) is 0 Å². The van der Waals surface area contributed by atoms with Gasteiger partial charge in [-0.15, -0.1) is 0 Å². The van der Waals surface area contributed by atoms with Gasteiger partial charge in [0.25, 0.3) is 0 Å². The lowest BCUT2D eigenvalue weighted by Crippen LogP contribution is -2.21. The van der Waals surface area contributed by atoms with Crippen molar-refractivity contribution in [1.29, 1.82) is 0 Å². The predicted molar refractivity (Wildman–Crippen MR) is 70.5 cm³/mol. The molecule has 1 aliphatic carbocycles. The molecular formula is C15H17NO. The lowest BCUT2D eigenvalue weighted by Gasteiger charge is -2.24. The number of benzene rings is 1. The number of hydrogen-bond donors (Lipinski definition) is 1. The van der Waals surface area contributed by atoms with Gasteiger partial charge in [0, 0.05) is 22.2 Å². The maximum atomic E-state index is 12.4. The molecule has 0 saturated carbocycles. The highest BCUT2D eigenvalue weighted by Crippen LogP contribution is 2.31. The lowest BCUT2D eigenvalue weighted by atomic mass is 9.84. The minimum absolute atomic E-state index is 0.243. The lowest BCUT2D eigenvalue weighted by molar-refractivity contribution is 0.525. The van der Waals surface area contributed by atoms with Crippen molar-refractivity contribution in [1.82, 2.24) is 4.98 Å². The molecule has 1 aromatic heterocycles. The molecule has 17 heavy (non-hydrogen) atoms. The van der Waals surface area contributed by atoms with Crippen LogP contribution in [-0.4, -0.2) is 4.98 Å². The van der Waals surface area contributed by atoms with Gasteiger partial charge in [-0.3, -0.25) is 4.79 Å². The number of hydrogen-bond acceptors (Lipinski definition) is 1. The molecule has 2 aromatic rings. The second-order valence-electron chi connectivity index (χ2n) is 4.89. The van der Waals surface area contributed by atoms with E-state index in [0.29, 0.717) is 5.92 Å². The zero-order chi connectivity index (χ0) is 11.8. The normalized spacial score (nSPS) is 19.2. The summed E-state index contributed by atoms with van der Waals surface area (Å²) in [5.74, 6) is 0.538. The monoisotopic (exact) mass is 227 g/mol. The minimum atomic E-state index is 0.243. The fourth-order valence-corrected chi connectivity index (χ4v) is 2.97. The Labute approximate surface area is 101 Å². The van der Waals surface area contributed by atoms with Gasteiger partial charge in [0.2, 0.25) is 0 Å². The molecule has 1 N–H and O–H groups in total. The van der Waals surface area contributed by atoms with E-state index in [-0.39, 0.29) is 5.43 Å². The predicted octanol–water partition coefficient (Wildman–Crippen LogP) is 3.36. The van der Waals surface area contributed by atoms with Gasteiger partial charge in [-0.2, -0.15) is 0 Å². The number of fused-ring (bicyclic) bond motifs is 2. The van der Waals surface area contributed by atoms with Crippen molar-refractivity contribution < 1.29 is 0 Å². The van der Waals surface area contributed by atoms with Crippen molar-refractivity contribution in [3.8, 4) is 0 Å². The van der Waals surface area contributed by atoms with Gasteiger partial charge in [-0.05, 0) is 43.7 Å². The van der Waals surface area contributed by atoms with E-state index in [1.54, 1.807) is 0 Å². The molecule has 0 fully saturated rings. The molecule has 0 bridgehead atoms. The standard InChI is InChI=1S/C15H17NO/c1-2-10-6-5-8-12-14(10)16-13-9-4-3-7-11(13)15(12)17/h3-4,7,9-10H,2,5-6,8H2,1H3,(H,16,17). The van der Waals surface area contributed by atoms with Crippen molar-refractivity contribution in [2.24, 2.45) is 0 Å². The quantitative estimate of drug-likeness (QED) is 0.796. The Morgan fingerprint density at radius 2 is 2.18 bits per heavy atom. The number of H-pyrrole nitrogens is 1. The van der Waals surface area contributed by atoms with Gasteiger partial charge < -0.3 is 4.98 Å². The number of rotatable bonds is 1. The number of aromatic nitrogens is 1. The minimum Gasteiger partial charge on any atom is -0.358 e. The third-order valence-electron chi connectivity index (χ3n) is 3.92. The highest BCUT2D eigenvalue weighted by atomic mass is 16.1. The molecular weight excluding hydrogens is 210 g/mol. The van der Waals surface area contributed by atoms with E-state index in [1.165, 1.54) is 12.1 Å². The fourth-order valence-electron chi connectivity index (χ4n) is 2.97. The van der Waals surface area contributed by atoms with E-state index >= 15 is 0 Å². The summed E-state index contributed by atoms with van der Waals surface area (Å²) in [7, 11) is 0.